The van der Waals surface area contributed by atoms with Crippen LogP contribution in [0.4, 0.5) is 0 Å². The molecule has 0 aliphatic carbocycles. The summed E-state index contributed by atoms with van der Waals surface area (Å²) in [6, 6.07) is 0. The lowest BCUT2D eigenvalue weighted by molar-refractivity contribution is -0.146. The highest BCUT2D eigenvalue weighted by Gasteiger charge is 2.28. The molecule has 32 heavy (non-hydrogen) atoms. The molecule has 9 heteroatoms. The number of cyclic esters (lactones) is 1. The van der Waals surface area contributed by atoms with Crippen LogP contribution in [0.1, 0.15) is 46.0 Å². The van der Waals surface area contributed by atoms with Gasteiger partial charge in [-0.05, 0) is 31.4 Å². The Morgan fingerprint density at radius 1 is 1.19 bits per heavy atom. The van der Waals surface area contributed by atoms with Crippen molar-refractivity contribution >= 4 is 16.4 Å². The number of aliphatic hydroxyl groups excluding tert-OH is 2. The zero-order chi connectivity index (χ0) is 24.0. The number of hydrogen-bond acceptors (Lipinski definition) is 7. The summed E-state index contributed by atoms with van der Waals surface area (Å²) in [5.41, 5.74) is 0. The largest absolute Gasteiger partial charge is 0.452 e. The van der Waals surface area contributed by atoms with Crippen LogP contribution in [-0.4, -0.2) is 53.6 Å². The van der Waals surface area contributed by atoms with Gasteiger partial charge in [0, 0.05) is 12.0 Å². The van der Waals surface area contributed by atoms with E-state index in [1.807, 2.05) is 12.2 Å². The summed E-state index contributed by atoms with van der Waals surface area (Å²) in [5.74, 6) is -1.30. The van der Waals surface area contributed by atoms with Crippen molar-refractivity contribution in [2.75, 3.05) is 0 Å². The van der Waals surface area contributed by atoms with Crippen LogP contribution in [0.3, 0.4) is 0 Å². The van der Waals surface area contributed by atoms with E-state index in [1.165, 1.54) is 37.1 Å². The first-order chi connectivity index (χ1) is 15.1. The predicted molar refractivity (Wildman–Crippen MR) is 122 cm³/mol. The van der Waals surface area contributed by atoms with Crippen LogP contribution in [0.25, 0.3) is 0 Å². The minimum Gasteiger partial charge on any atom is -0.452 e. The van der Waals surface area contributed by atoms with Gasteiger partial charge in [-0.15, -0.1) is 0 Å². The number of esters is 1. The van der Waals surface area contributed by atoms with Gasteiger partial charge in [-0.3, -0.25) is 4.55 Å². The lowest BCUT2D eigenvalue weighted by Gasteiger charge is -2.25. The summed E-state index contributed by atoms with van der Waals surface area (Å²) in [7, 11) is -4.76. The van der Waals surface area contributed by atoms with Crippen LogP contribution in [0, 0.1) is 5.92 Å². The van der Waals surface area contributed by atoms with Crippen LogP contribution in [0.2, 0.25) is 0 Å². The summed E-state index contributed by atoms with van der Waals surface area (Å²) in [6.07, 6.45) is 16.4. The summed E-state index contributed by atoms with van der Waals surface area (Å²) in [4.78, 5) is 11.3. The topological polar surface area (TPSA) is 130 Å². The Kier molecular flexibility index (Phi) is 13.0. The Hall–Kier alpha value is -2.04. The molecule has 0 spiro atoms. The van der Waals surface area contributed by atoms with E-state index in [1.54, 1.807) is 19.1 Å². The number of unbranched alkanes of at least 4 members (excludes halogenated alkanes) is 3. The van der Waals surface area contributed by atoms with Crippen LogP contribution in [0.5, 0.6) is 0 Å². The maximum absolute atomic E-state index is 11.3. The van der Waals surface area contributed by atoms with Crippen molar-refractivity contribution in [2.45, 2.75) is 70.4 Å². The number of carbonyl (C=O) groups is 1. The molecule has 0 amide bonds. The summed E-state index contributed by atoms with van der Waals surface area (Å²) in [5, 5.41) is 20.2. The number of carbonyl (C=O) groups excluding carboxylic acids is 1. The van der Waals surface area contributed by atoms with Gasteiger partial charge < -0.3 is 14.9 Å². The van der Waals surface area contributed by atoms with E-state index >= 15 is 0 Å². The van der Waals surface area contributed by atoms with Crippen LogP contribution >= 0.6 is 0 Å². The van der Waals surface area contributed by atoms with E-state index in [0.29, 0.717) is 0 Å². The first kappa shape index (κ1) is 28.0. The molecule has 0 unspecified atom stereocenters. The third-order valence-corrected chi connectivity index (χ3v) is 5.33. The van der Waals surface area contributed by atoms with Crippen molar-refractivity contribution in [3.05, 3.63) is 60.8 Å². The van der Waals surface area contributed by atoms with Gasteiger partial charge in [-0.1, -0.05) is 69.2 Å². The highest BCUT2D eigenvalue weighted by Crippen LogP contribution is 2.20. The fourth-order valence-corrected chi connectivity index (χ4v) is 3.48. The second kappa shape index (κ2) is 14.9. The first-order valence-corrected chi connectivity index (χ1v) is 12.1. The van der Waals surface area contributed by atoms with E-state index in [0.717, 1.165) is 18.9 Å². The Labute approximate surface area is 190 Å². The summed E-state index contributed by atoms with van der Waals surface area (Å²) in [6.45, 7) is 3.73. The van der Waals surface area contributed by atoms with Gasteiger partial charge in [0.25, 0.3) is 0 Å². The lowest BCUT2D eigenvalue weighted by atomic mass is 9.95. The molecule has 0 saturated heterocycles. The van der Waals surface area contributed by atoms with E-state index in [2.05, 4.69) is 13.0 Å². The zero-order valence-electron chi connectivity index (χ0n) is 18.5. The van der Waals surface area contributed by atoms with E-state index in [9.17, 15) is 23.4 Å². The van der Waals surface area contributed by atoms with Crippen LogP contribution in [0.15, 0.2) is 60.8 Å². The minimum atomic E-state index is -4.76. The van der Waals surface area contributed by atoms with E-state index in [-0.39, 0.29) is 6.42 Å². The second-order valence-electron chi connectivity index (χ2n) is 7.52. The predicted octanol–water partition coefficient (Wildman–Crippen LogP) is 3.21. The number of aliphatic hydroxyl groups is 2. The van der Waals surface area contributed by atoms with Crippen molar-refractivity contribution in [2.24, 2.45) is 5.92 Å². The highest BCUT2D eigenvalue weighted by atomic mass is 32.3. The third-order valence-electron chi connectivity index (χ3n) is 4.83. The van der Waals surface area contributed by atoms with Gasteiger partial charge in [0.2, 0.25) is 0 Å². The zero-order valence-corrected chi connectivity index (χ0v) is 19.3. The summed E-state index contributed by atoms with van der Waals surface area (Å²) >= 11 is 0. The van der Waals surface area contributed by atoms with Gasteiger partial charge in [0.15, 0.2) is 0 Å². The third kappa shape index (κ3) is 12.1. The molecule has 0 aromatic carbocycles. The fourth-order valence-electron chi connectivity index (χ4n) is 2.92. The number of ether oxygens (including phenoxy) is 1. The maximum atomic E-state index is 11.3. The van der Waals surface area contributed by atoms with Crippen molar-refractivity contribution in [1.29, 1.82) is 0 Å². The second-order valence-corrected chi connectivity index (χ2v) is 8.57. The molecule has 0 fully saturated rings. The monoisotopic (exact) mass is 470 g/mol. The Morgan fingerprint density at radius 2 is 1.91 bits per heavy atom. The molecular weight excluding hydrogens is 436 g/mol. The molecule has 1 aliphatic rings. The molecule has 8 nitrogen and oxygen atoms in total. The van der Waals surface area contributed by atoms with Crippen molar-refractivity contribution in [3.8, 4) is 0 Å². The fraction of sp³-hybridized carbons (Fsp3) is 0.522. The van der Waals surface area contributed by atoms with Crippen molar-refractivity contribution in [1.82, 2.24) is 0 Å². The van der Waals surface area contributed by atoms with Gasteiger partial charge in [-0.2, -0.15) is 8.42 Å². The molecule has 0 bridgehead atoms. The maximum Gasteiger partial charge on any atom is 0.397 e. The lowest BCUT2D eigenvalue weighted by Crippen LogP contribution is -2.33. The van der Waals surface area contributed by atoms with E-state index < -0.39 is 46.7 Å². The smallest absolute Gasteiger partial charge is 0.397 e. The van der Waals surface area contributed by atoms with Crippen LogP contribution in [-0.2, 0) is 24.1 Å². The molecule has 0 aromatic heterocycles. The van der Waals surface area contributed by atoms with Crippen molar-refractivity contribution < 1.29 is 36.9 Å². The Morgan fingerprint density at radius 3 is 2.59 bits per heavy atom. The number of rotatable bonds is 14. The number of allylic oxidation sites excluding steroid dienone is 5. The SMILES string of the molecule is CCCCC/C=C/C=C/C=C/[C@@H](O)[C@H](C)[C@H](C/C=C\[C@H]1OC(=O)C=C[C@@H]1O)OS(=O)(=O)O. The molecule has 0 radical (unpaired) electrons. The molecule has 3 N–H and O–H groups in total. The molecular formula is C23H34O8S. The van der Waals surface area contributed by atoms with Gasteiger partial charge in [-0.25, -0.2) is 8.98 Å². The van der Waals surface area contributed by atoms with Gasteiger partial charge >= 0.3 is 16.4 Å². The highest BCUT2D eigenvalue weighted by molar-refractivity contribution is 7.80. The molecule has 180 valence electrons. The van der Waals surface area contributed by atoms with E-state index in [4.69, 9.17) is 13.5 Å². The molecule has 1 rings (SSSR count). The first-order valence-electron chi connectivity index (χ1n) is 10.7. The molecule has 0 saturated carbocycles. The Balaban J connectivity index is 2.67. The molecule has 1 aliphatic heterocycles. The number of hydrogen-bond donors (Lipinski definition) is 3. The molecule has 0 aromatic rings. The van der Waals surface area contributed by atoms with Gasteiger partial charge in [0.05, 0.1) is 12.2 Å². The average Bonchev–Trinajstić information content (AvgIpc) is 2.72. The Bertz CT molecular complexity index is 810. The average molecular weight is 471 g/mol. The normalized spacial score (nSPS) is 22.8. The van der Waals surface area contributed by atoms with Crippen LogP contribution < -0.4 is 0 Å². The van der Waals surface area contributed by atoms with Gasteiger partial charge in [0.1, 0.15) is 12.2 Å². The van der Waals surface area contributed by atoms with Crippen molar-refractivity contribution in [3.63, 3.8) is 0 Å². The molecule has 5 atom stereocenters. The minimum absolute atomic E-state index is 0.0212. The summed E-state index contributed by atoms with van der Waals surface area (Å²) < 4.78 is 41.2. The standard InChI is InChI=1S/C23H34O8S/c1-3-4-5-6-7-8-9-10-11-13-19(24)18(2)21(31-32(27,28)29)14-12-15-22-20(25)16-17-23(26)30-22/h7-13,15-22,24-25H,3-6,14H2,1-2H3,(H,27,28,29)/b8-7+,10-9+,13-11+,15-12-/t18-,19+,20-,21-,22+/m0/s1. The quantitative estimate of drug-likeness (QED) is 0.116. The molecule has 1 heterocycles.